The van der Waals surface area contributed by atoms with E-state index in [1.165, 1.54) is 24.5 Å². The molecular formula is C9H6F3NO2. The largest absolute Gasteiger partial charge is 0.507 e. The number of alkyl halides is 3. The predicted molar refractivity (Wildman–Crippen MR) is 45.9 cm³/mol. The average molecular weight is 217 g/mol. The van der Waals surface area contributed by atoms with E-state index in [0.717, 1.165) is 0 Å². The second kappa shape index (κ2) is 4.12. The molecule has 15 heavy (non-hydrogen) atoms. The van der Waals surface area contributed by atoms with Crippen LogP contribution in [0.3, 0.4) is 0 Å². The van der Waals surface area contributed by atoms with Gasteiger partial charge in [0.1, 0.15) is 5.76 Å². The summed E-state index contributed by atoms with van der Waals surface area (Å²) in [5.41, 5.74) is 0.0996. The van der Waals surface area contributed by atoms with Crippen LogP contribution in [0.15, 0.2) is 30.6 Å². The number of rotatable bonds is 2. The highest BCUT2D eigenvalue weighted by atomic mass is 19.4. The van der Waals surface area contributed by atoms with Crippen molar-refractivity contribution in [2.24, 2.45) is 0 Å². The van der Waals surface area contributed by atoms with E-state index in [-0.39, 0.29) is 11.6 Å². The molecule has 0 aliphatic rings. The lowest BCUT2D eigenvalue weighted by atomic mass is 10.2. The number of aliphatic hydroxyl groups excluding tert-OH is 1. The van der Waals surface area contributed by atoms with E-state index in [2.05, 4.69) is 4.98 Å². The number of hydrogen-bond acceptors (Lipinski definition) is 3. The van der Waals surface area contributed by atoms with Gasteiger partial charge >= 0.3 is 6.18 Å². The van der Waals surface area contributed by atoms with Gasteiger partial charge in [0.05, 0.1) is 0 Å². The number of halogens is 3. The Hall–Kier alpha value is -1.85. The Kier molecular flexibility index (Phi) is 3.08. The van der Waals surface area contributed by atoms with E-state index in [0.29, 0.717) is 0 Å². The molecule has 0 unspecified atom stereocenters. The highest BCUT2D eigenvalue weighted by Crippen LogP contribution is 2.19. The summed E-state index contributed by atoms with van der Waals surface area (Å²) in [6, 6.07) is 2.57. The molecule has 0 atom stereocenters. The van der Waals surface area contributed by atoms with Gasteiger partial charge in [-0.3, -0.25) is 9.78 Å². The number of ketones is 1. The molecule has 6 heteroatoms. The van der Waals surface area contributed by atoms with Crippen LogP contribution in [0, 0.1) is 0 Å². The van der Waals surface area contributed by atoms with Crippen LogP contribution in [-0.4, -0.2) is 22.1 Å². The van der Waals surface area contributed by atoms with Crippen LogP contribution in [0.2, 0.25) is 0 Å². The summed E-state index contributed by atoms with van der Waals surface area (Å²) in [5, 5.41) is 9.17. The highest BCUT2D eigenvalue weighted by Gasteiger charge is 2.36. The number of aromatic nitrogens is 1. The van der Waals surface area contributed by atoms with Crippen LogP contribution in [-0.2, 0) is 4.79 Å². The molecule has 0 amide bonds. The molecule has 1 aromatic heterocycles. The van der Waals surface area contributed by atoms with Gasteiger partial charge < -0.3 is 5.11 Å². The lowest BCUT2D eigenvalue weighted by molar-refractivity contribution is -0.165. The molecule has 1 heterocycles. The van der Waals surface area contributed by atoms with Gasteiger partial charge in [0.2, 0.25) is 0 Å². The van der Waals surface area contributed by atoms with E-state index >= 15 is 0 Å². The van der Waals surface area contributed by atoms with Crippen molar-refractivity contribution in [2.45, 2.75) is 6.18 Å². The number of aliphatic hydroxyl groups is 1. The summed E-state index contributed by atoms with van der Waals surface area (Å²) in [6.45, 7) is 0. The van der Waals surface area contributed by atoms with Gasteiger partial charge in [-0.2, -0.15) is 13.2 Å². The third kappa shape index (κ3) is 3.08. The summed E-state index contributed by atoms with van der Waals surface area (Å²) in [7, 11) is 0. The first-order valence-corrected chi connectivity index (χ1v) is 3.83. The lowest BCUT2D eigenvalue weighted by Gasteiger charge is -2.02. The fourth-order valence-electron chi connectivity index (χ4n) is 0.812. The normalized spacial score (nSPS) is 12.6. The molecular weight excluding hydrogens is 211 g/mol. The van der Waals surface area contributed by atoms with Crippen LogP contribution in [0.5, 0.6) is 0 Å². The third-order valence-electron chi connectivity index (χ3n) is 1.52. The van der Waals surface area contributed by atoms with Gasteiger partial charge in [-0.05, 0) is 12.1 Å². The van der Waals surface area contributed by atoms with Crippen molar-refractivity contribution in [1.82, 2.24) is 4.98 Å². The van der Waals surface area contributed by atoms with Gasteiger partial charge in [0.25, 0.3) is 5.78 Å². The quantitative estimate of drug-likeness (QED) is 0.609. The number of pyridine rings is 1. The molecule has 1 aromatic rings. The Morgan fingerprint density at radius 2 is 1.87 bits per heavy atom. The lowest BCUT2D eigenvalue weighted by Crippen LogP contribution is -2.20. The fraction of sp³-hybridized carbons (Fsp3) is 0.111. The Morgan fingerprint density at radius 3 is 2.33 bits per heavy atom. The maximum absolute atomic E-state index is 11.8. The number of hydrogen-bond donors (Lipinski definition) is 1. The second-order valence-corrected chi connectivity index (χ2v) is 2.63. The Balaban J connectivity index is 2.91. The number of nitrogens with zero attached hydrogens (tertiary/aromatic N) is 1. The molecule has 0 fully saturated rings. The first-order valence-electron chi connectivity index (χ1n) is 3.83. The van der Waals surface area contributed by atoms with Crippen LogP contribution < -0.4 is 0 Å². The van der Waals surface area contributed by atoms with E-state index in [1.54, 1.807) is 0 Å². The Labute approximate surface area is 82.9 Å². The zero-order valence-corrected chi connectivity index (χ0v) is 7.32. The molecule has 80 valence electrons. The number of carbonyl (C=O) groups excluding carboxylic acids is 1. The minimum atomic E-state index is -4.97. The molecule has 0 aromatic carbocycles. The highest BCUT2D eigenvalue weighted by molar-refractivity contribution is 5.99. The van der Waals surface area contributed by atoms with Crippen molar-refractivity contribution in [2.75, 3.05) is 0 Å². The van der Waals surface area contributed by atoms with Gasteiger partial charge in [0.15, 0.2) is 0 Å². The molecule has 0 aliphatic carbocycles. The summed E-state index contributed by atoms with van der Waals surface area (Å²) in [5.74, 6) is -2.84. The maximum Gasteiger partial charge on any atom is 0.454 e. The molecule has 1 rings (SSSR count). The minimum absolute atomic E-state index is 0.0996. The number of carbonyl (C=O) groups is 1. The summed E-state index contributed by atoms with van der Waals surface area (Å²) >= 11 is 0. The zero-order valence-electron chi connectivity index (χ0n) is 7.32. The van der Waals surface area contributed by atoms with Gasteiger partial charge in [-0.25, -0.2) is 0 Å². The number of allylic oxidation sites excluding steroid dienone is 1. The SMILES string of the molecule is O=C(C=C(O)c1ccncc1)C(F)(F)F. The van der Waals surface area contributed by atoms with Crippen molar-refractivity contribution in [3.05, 3.63) is 36.2 Å². The molecule has 0 bridgehead atoms. The van der Waals surface area contributed by atoms with Gasteiger partial charge in [-0.15, -0.1) is 0 Å². The van der Waals surface area contributed by atoms with Gasteiger partial charge in [-0.1, -0.05) is 0 Å². The smallest absolute Gasteiger partial charge is 0.454 e. The minimum Gasteiger partial charge on any atom is -0.507 e. The second-order valence-electron chi connectivity index (χ2n) is 2.63. The predicted octanol–water partition coefficient (Wildman–Crippen LogP) is 2.11. The van der Waals surface area contributed by atoms with Crippen molar-refractivity contribution in [3.8, 4) is 0 Å². The van der Waals surface area contributed by atoms with E-state index in [4.69, 9.17) is 5.11 Å². The van der Waals surface area contributed by atoms with Crippen LogP contribution in [0.1, 0.15) is 5.56 Å². The molecule has 1 N–H and O–H groups in total. The average Bonchev–Trinajstić information content (AvgIpc) is 2.17. The topological polar surface area (TPSA) is 50.2 Å². The molecule has 3 nitrogen and oxygen atoms in total. The van der Waals surface area contributed by atoms with Crippen molar-refractivity contribution in [3.63, 3.8) is 0 Å². The van der Waals surface area contributed by atoms with Crippen molar-refractivity contribution in [1.29, 1.82) is 0 Å². The van der Waals surface area contributed by atoms with E-state index < -0.39 is 17.7 Å². The maximum atomic E-state index is 11.8. The van der Waals surface area contributed by atoms with Crippen LogP contribution in [0.4, 0.5) is 13.2 Å². The first kappa shape index (κ1) is 11.2. The van der Waals surface area contributed by atoms with Crippen molar-refractivity contribution < 1.29 is 23.1 Å². The fourth-order valence-corrected chi connectivity index (χ4v) is 0.812. The zero-order chi connectivity index (χ0) is 11.5. The first-order chi connectivity index (χ1) is 6.91. The van der Waals surface area contributed by atoms with Crippen LogP contribution >= 0.6 is 0 Å². The standard InChI is InChI=1S/C9H6F3NO2/c10-9(11,12)8(15)5-7(14)6-1-3-13-4-2-6/h1-5,14H. The van der Waals surface area contributed by atoms with Crippen LogP contribution in [0.25, 0.3) is 5.76 Å². The van der Waals surface area contributed by atoms with Gasteiger partial charge in [0, 0.05) is 24.0 Å². The molecule has 0 saturated heterocycles. The molecule has 0 saturated carbocycles. The Morgan fingerprint density at radius 1 is 1.33 bits per heavy atom. The monoisotopic (exact) mass is 217 g/mol. The van der Waals surface area contributed by atoms with E-state index in [9.17, 15) is 18.0 Å². The molecule has 0 spiro atoms. The Bertz CT molecular complexity index is 384. The third-order valence-corrected chi connectivity index (χ3v) is 1.52. The van der Waals surface area contributed by atoms with Crippen molar-refractivity contribution >= 4 is 11.5 Å². The summed E-state index contributed by atoms with van der Waals surface area (Å²) in [4.78, 5) is 14.1. The van der Waals surface area contributed by atoms with E-state index in [1.807, 2.05) is 0 Å². The molecule has 0 radical (unpaired) electrons. The summed E-state index contributed by atoms with van der Waals surface area (Å²) in [6.07, 6.45) is -2.26. The summed E-state index contributed by atoms with van der Waals surface area (Å²) < 4.78 is 35.4. The molecule has 0 aliphatic heterocycles.